The van der Waals surface area contributed by atoms with Crippen molar-refractivity contribution in [1.82, 2.24) is 0 Å². The standard InChI is InChI=1S/C5H10N4S2/c6-4(7)10-2-1-3-11-5(8)9/h1-2H,3H2,(H3,6,7)(H3,8,9)/b2-1-. The lowest BCUT2D eigenvalue weighted by Gasteiger charge is -1.90. The van der Waals surface area contributed by atoms with E-state index in [1.165, 1.54) is 11.8 Å². The molecule has 6 N–H and O–H groups in total. The highest BCUT2D eigenvalue weighted by Crippen LogP contribution is 2.03. The molecule has 0 aromatic carbocycles. The zero-order valence-electron chi connectivity index (χ0n) is 5.83. The third-order valence-corrected chi connectivity index (χ3v) is 1.88. The van der Waals surface area contributed by atoms with Gasteiger partial charge in [0.15, 0.2) is 10.3 Å². The van der Waals surface area contributed by atoms with Gasteiger partial charge in [0.1, 0.15) is 0 Å². The van der Waals surface area contributed by atoms with Gasteiger partial charge in [-0.15, -0.1) is 0 Å². The van der Waals surface area contributed by atoms with Gasteiger partial charge in [0.25, 0.3) is 0 Å². The van der Waals surface area contributed by atoms with Crippen LogP contribution in [0.5, 0.6) is 0 Å². The molecule has 0 spiro atoms. The van der Waals surface area contributed by atoms with E-state index in [1.807, 2.05) is 0 Å². The van der Waals surface area contributed by atoms with Gasteiger partial charge in [-0.2, -0.15) is 0 Å². The van der Waals surface area contributed by atoms with Crippen LogP contribution in [0.1, 0.15) is 0 Å². The molecule has 62 valence electrons. The number of nitrogens with two attached hydrogens (primary N) is 2. The third kappa shape index (κ3) is 9.38. The van der Waals surface area contributed by atoms with Crippen molar-refractivity contribution in [3.05, 3.63) is 11.5 Å². The number of amidine groups is 2. The monoisotopic (exact) mass is 190 g/mol. The van der Waals surface area contributed by atoms with E-state index in [-0.39, 0.29) is 10.3 Å². The Morgan fingerprint density at radius 3 is 2.36 bits per heavy atom. The maximum Gasteiger partial charge on any atom is 0.155 e. The van der Waals surface area contributed by atoms with Crippen LogP contribution in [0, 0.1) is 10.8 Å². The number of thioether (sulfide) groups is 2. The lowest BCUT2D eigenvalue weighted by atomic mass is 10.8. The maximum atomic E-state index is 6.85. The van der Waals surface area contributed by atoms with Crippen molar-refractivity contribution in [3.63, 3.8) is 0 Å². The van der Waals surface area contributed by atoms with E-state index in [0.717, 1.165) is 11.8 Å². The smallest absolute Gasteiger partial charge is 0.155 e. The van der Waals surface area contributed by atoms with Gasteiger partial charge in [-0.25, -0.2) is 0 Å². The molecule has 0 unspecified atom stereocenters. The number of rotatable bonds is 3. The van der Waals surface area contributed by atoms with Crippen LogP contribution in [0.15, 0.2) is 11.5 Å². The van der Waals surface area contributed by atoms with Crippen LogP contribution in [-0.2, 0) is 0 Å². The summed E-state index contributed by atoms with van der Waals surface area (Å²) in [6, 6.07) is 0. The van der Waals surface area contributed by atoms with Gasteiger partial charge < -0.3 is 11.5 Å². The largest absolute Gasteiger partial charge is 0.379 e. The second-order valence-corrected chi connectivity index (χ2v) is 3.54. The summed E-state index contributed by atoms with van der Waals surface area (Å²) < 4.78 is 0. The van der Waals surface area contributed by atoms with E-state index in [0.29, 0.717) is 5.75 Å². The molecule has 0 radical (unpaired) electrons. The Bertz CT molecular complexity index is 177. The van der Waals surface area contributed by atoms with E-state index in [1.54, 1.807) is 11.5 Å². The van der Waals surface area contributed by atoms with Crippen LogP contribution in [0.25, 0.3) is 0 Å². The van der Waals surface area contributed by atoms with Crippen LogP contribution in [0.3, 0.4) is 0 Å². The number of nitrogens with one attached hydrogen (secondary N) is 2. The van der Waals surface area contributed by atoms with Gasteiger partial charge in [0.05, 0.1) is 0 Å². The first kappa shape index (κ1) is 10.4. The molecule has 0 aromatic rings. The summed E-state index contributed by atoms with van der Waals surface area (Å²) in [5.74, 6) is 0.648. The molecular formula is C5H10N4S2. The van der Waals surface area contributed by atoms with E-state index in [2.05, 4.69) is 0 Å². The Morgan fingerprint density at radius 2 is 1.91 bits per heavy atom. The molecule has 0 aliphatic rings. The third-order valence-electron chi connectivity index (χ3n) is 0.626. The zero-order chi connectivity index (χ0) is 8.69. The molecule has 0 fully saturated rings. The van der Waals surface area contributed by atoms with E-state index >= 15 is 0 Å². The molecule has 0 aliphatic heterocycles. The predicted molar refractivity (Wildman–Crippen MR) is 53.0 cm³/mol. The van der Waals surface area contributed by atoms with Crippen LogP contribution < -0.4 is 11.5 Å². The lowest BCUT2D eigenvalue weighted by molar-refractivity contribution is 1.50. The minimum atomic E-state index is 0.0640. The summed E-state index contributed by atoms with van der Waals surface area (Å²) in [7, 11) is 0. The Morgan fingerprint density at radius 1 is 1.27 bits per heavy atom. The van der Waals surface area contributed by atoms with Crippen molar-refractivity contribution >= 4 is 33.9 Å². The summed E-state index contributed by atoms with van der Waals surface area (Å²) in [6.45, 7) is 0. The minimum Gasteiger partial charge on any atom is -0.379 e. The first-order valence-corrected chi connectivity index (χ1v) is 4.62. The molecule has 0 saturated carbocycles. The maximum absolute atomic E-state index is 6.85. The van der Waals surface area contributed by atoms with Crippen LogP contribution in [0.2, 0.25) is 0 Å². The van der Waals surface area contributed by atoms with Crippen LogP contribution >= 0.6 is 23.5 Å². The molecular weight excluding hydrogens is 180 g/mol. The number of hydrogen-bond acceptors (Lipinski definition) is 4. The Labute approximate surface area is 73.8 Å². The van der Waals surface area contributed by atoms with Gasteiger partial charge in [-0.05, 0) is 5.41 Å². The van der Waals surface area contributed by atoms with Crippen LogP contribution in [-0.4, -0.2) is 16.1 Å². The van der Waals surface area contributed by atoms with Crippen molar-refractivity contribution in [2.75, 3.05) is 5.75 Å². The van der Waals surface area contributed by atoms with E-state index < -0.39 is 0 Å². The zero-order valence-corrected chi connectivity index (χ0v) is 7.47. The summed E-state index contributed by atoms with van der Waals surface area (Å²) in [4.78, 5) is 0. The average Bonchev–Trinajstić information content (AvgIpc) is 1.85. The lowest BCUT2D eigenvalue weighted by Crippen LogP contribution is -2.03. The molecule has 0 rings (SSSR count). The summed E-state index contributed by atoms with van der Waals surface area (Å²) >= 11 is 2.37. The molecule has 4 nitrogen and oxygen atoms in total. The van der Waals surface area contributed by atoms with Crippen molar-refractivity contribution in [1.29, 1.82) is 10.8 Å². The van der Waals surface area contributed by atoms with Crippen molar-refractivity contribution < 1.29 is 0 Å². The van der Waals surface area contributed by atoms with Crippen molar-refractivity contribution in [2.24, 2.45) is 11.5 Å². The van der Waals surface area contributed by atoms with Gasteiger partial charge in [0, 0.05) is 5.75 Å². The Kier molecular flexibility index (Phi) is 5.77. The second kappa shape index (κ2) is 6.11. The average molecular weight is 190 g/mol. The molecule has 0 aliphatic carbocycles. The highest BCUT2D eigenvalue weighted by atomic mass is 32.2. The first-order chi connectivity index (χ1) is 5.13. The van der Waals surface area contributed by atoms with Gasteiger partial charge >= 0.3 is 0 Å². The molecule has 0 bridgehead atoms. The fourth-order valence-electron chi connectivity index (χ4n) is 0.299. The summed E-state index contributed by atoms with van der Waals surface area (Å²) in [6.07, 6.45) is 1.80. The van der Waals surface area contributed by atoms with Crippen LogP contribution in [0.4, 0.5) is 0 Å². The SMILES string of the molecule is N=C(N)S/C=C\CSC(=N)N. The normalized spacial score (nSPS) is 10.2. The Hall–Kier alpha value is -0.620. The first-order valence-electron chi connectivity index (χ1n) is 2.75. The van der Waals surface area contributed by atoms with E-state index in [9.17, 15) is 0 Å². The predicted octanol–water partition coefficient (Wildman–Crippen LogP) is 0.753. The van der Waals surface area contributed by atoms with Gasteiger partial charge in [-0.3, -0.25) is 10.8 Å². The Balaban J connectivity index is 3.30. The summed E-state index contributed by atoms with van der Waals surface area (Å²) in [5.41, 5.74) is 10.1. The van der Waals surface area contributed by atoms with Gasteiger partial charge in [0.2, 0.25) is 0 Å². The highest BCUT2D eigenvalue weighted by molar-refractivity contribution is 8.16. The van der Waals surface area contributed by atoms with Crippen molar-refractivity contribution in [3.8, 4) is 0 Å². The minimum absolute atomic E-state index is 0.0640. The van der Waals surface area contributed by atoms with Crippen molar-refractivity contribution in [2.45, 2.75) is 0 Å². The molecule has 0 saturated heterocycles. The second-order valence-electron chi connectivity index (χ2n) is 1.53. The highest BCUT2D eigenvalue weighted by Gasteiger charge is 1.86. The van der Waals surface area contributed by atoms with E-state index in [4.69, 9.17) is 22.3 Å². The molecule has 0 amide bonds. The number of hydrogen-bond donors (Lipinski definition) is 4. The fraction of sp³-hybridized carbons (Fsp3) is 0.200. The molecule has 0 atom stereocenters. The molecule has 0 aromatic heterocycles. The molecule has 11 heavy (non-hydrogen) atoms. The fourth-order valence-corrected chi connectivity index (χ4v) is 1.13. The quantitative estimate of drug-likeness (QED) is 0.390. The summed E-state index contributed by atoms with van der Waals surface area (Å²) in [5, 5.41) is 15.5. The van der Waals surface area contributed by atoms with Gasteiger partial charge in [-0.1, -0.05) is 29.6 Å². The molecule has 6 heteroatoms. The molecule has 0 heterocycles. The topological polar surface area (TPSA) is 99.7 Å².